The van der Waals surface area contributed by atoms with E-state index >= 15 is 0 Å². The van der Waals surface area contributed by atoms with Gasteiger partial charge in [0.2, 0.25) is 0 Å². The highest BCUT2D eigenvalue weighted by molar-refractivity contribution is 9.10. The number of benzene rings is 2. The second kappa shape index (κ2) is 6.50. The molecule has 0 fully saturated rings. The summed E-state index contributed by atoms with van der Waals surface area (Å²) in [4.78, 5) is 12.1. The number of hydrogen-bond acceptors (Lipinski definition) is 2. The van der Waals surface area contributed by atoms with Gasteiger partial charge in [0.15, 0.2) is 6.23 Å². The van der Waals surface area contributed by atoms with Gasteiger partial charge < -0.3 is 10.1 Å². The van der Waals surface area contributed by atoms with Gasteiger partial charge in [-0.15, -0.1) is 0 Å². The highest BCUT2D eigenvalue weighted by Crippen LogP contribution is 2.18. The molecule has 2 aromatic carbocycles. The maximum atomic E-state index is 12.1. The van der Waals surface area contributed by atoms with Gasteiger partial charge >= 0.3 is 0 Å². The number of hydrogen-bond donors (Lipinski definition) is 1. The van der Waals surface area contributed by atoms with Gasteiger partial charge in [-0.3, -0.25) is 4.79 Å². The second-order valence-electron chi connectivity index (χ2n) is 4.01. The van der Waals surface area contributed by atoms with Crippen LogP contribution >= 0.6 is 15.9 Å². The lowest BCUT2D eigenvalue weighted by Crippen LogP contribution is -2.29. The van der Waals surface area contributed by atoms with Crippen molar-refractivity contribution >= 4 is 21.8 Å². The Morgan fingerprint density at radius 2 is 1.74 bits per heavy atom. The van der Waals surface area contributed by atoms with E-state index in [1.54, 1.807) is 19.2 Å². The first-order chi connectivity index (χ1) is 9.20. The molecule has 0 spiro atoms. The zero-order valence-corrected chi connectivity index (χ0v) is 12.1. The molecule has 0 aliphatic carbocycles. The fourth-order valence-corrected chi connectivity index (χ4v) is 1.97. The average Bonchev–Trinajstić information content (AvgIpc) is 2.46. The van der Waals surface area contributed by atoms with E-state index in [4.69, 9.17) is 4.74 Å². The highest BCUT2D eigenvalue weighted by atomic mass is 79.9. The Bertz CT molecular complexity index is 540. The van der Waals surface area contributed by atoms with Crippen LogP contribution in [0.25, 0.3) is 0 Å². The van der Waals surface area contributed by atoms with Crippen molar-refractivity contribution in [3.8, 4) is 0 Å². The maximum absolute atomic E-state index is 12.1. The quantitative estimate of drug-likeness (QED) is 0.875. The molecule has 1 amide bonds. The van der Waals surface area contributed by atoms with E-state index in [2.05, 4.69) is 21.2 Å². The van der Waals surface area contributed by atoms with Crippen LogP contribution in [0.2, 0.25) is 0 Å². The molecule has 1 N–H and O–H groups in total. The first kappa shape index (κ1) is 13.8. The number of ether oxygens (including phenoxy) is 1. The number of carbonyl (C=O) groups excluding carboxylic acids is 1. The molecule has 2 aromatic rings. The summed E-state index contributed by atoms with van der Waals surface area (Å²) in [6.07, 6.45) is -0.458. The van der Waals surface area contributed by atoms with Crippen molar-refractivity contribution in [2.45, 2.75) is 6.23 Å². The van der Waals surface area contributed by atoms with E-state index in [-0.39, 0.29) is 5.91 Å². The molecule has 0 saturated heterocycles. The summed E-state index contributed by atoms with van der Waals surface area (Å²) in [6.45, 7) is 0. The molecule has 19 heavy (non-hydrogen) atoms. The highest BCUT2D eigenvalue weighted by Gasteiger charge is 2.14. The van der Waals surface area contributed by atoms with Crippen molar-refractivity contribution in [1.29, 1.82) is 0 Å². The molecular formula is C15H14BrNO2. The van der Waals surface area contributed by atoms with Crippen LogP contribution in [0.5, 0.6) is 0 Å². The third-order valence-electron chi connectivity index (χ3n) is 2.71. The monoisotopic (exact) mass is 319 g/mol. The molecule has 98 valence electrons. The molecule has 0 radical (unpaired) electrons. The average molecular weight is 320 g/mol. The topological polar surface area (TPSA) is 38.3 Å². The molecule has 1 atom stereocenters. The summed E-state index contributed by atoms with van der Waals surface area (Å²) in [7, 11) is 1.57. The molecule has 4 heteroatoms. The molecule has 0 aliphatic rings. The largest absolute Gasteiger partial charge is 0.357 e. The zero-order chi connectivity index (χ0) is 13.7. The SMILES string of the molecule is COC(NC(=O)c1ccccc1)c1ccc(Br)cc1. The van der Waals surface area contributed by atoms with E-state index in [1.807, 2.05) is 42.5 Å². The Morgan fingerprint density at radius 1 is 1.11 bits per heavy atom. The molecule has 1 unspecified atom stereocenters. The van der Waals surface area contributed by atoms with Crippen molar-refractivity contribution in [1.82, 2.24) is 5.32 Å². The lowest BCUT2D eigenvalue weighted by atomic mass is 10.1. The predicted molar refractivity (Wildman–Crippen MR) is 77.8 cm³/mol. The van der Waals surface area contributed by atoms with Crippen LogP contribution < -0.4 is 5.32 Å². The minimum absolute atomic E-state index is 0.157. The number of nitrogens with one attached hydrogen (secondary N) is 1. The number of methoxy groups -OCH3 is 1. The summed E-state index contributed by atoms with van der Waals surface area (Å²) in [6, 6.07) is 16.7. The minimum Gasteiger partial charge on any atom is -0.357 e. The number of halogens is 1. The zero-order valence-electron chi connectivity index (χ0n) is 10.5. The molecule has 0 bridgehead atoms. The van der Waals surface area contributed by atoms with Gasteiger partial charge in [-0.2, -0.15) is 0 Å². The maximum Gasteiger partial charge on any atom is 0.253 e. The van der Waals surface area contributed by atoms with Crippen LogP contribution in [0.15, 0.2) is 59.1 Å². The van der Waals surface area contributed by atoms with Crippen LogP contribution in [0.3, 0.4) is 0 Å². The molecular weight excluding hydrogens is 306 g/mol. The van der Waals surface area contributed by atoms with Gasteiger partial charge in [-0.1, -0.05) is 46.3 Å². The number of rotatable bonds is 4. The Hall–Kier alpha value is -1.65. The summed E-state index contributed by atoms with van der Waals surface area (Å²) >= 11 is 3.38. The van der Waals surface area contributed by atoms with E-state index in [0.717, 1.165) is 10.0 Å². The molecule has 0 aliphatic heterocycles. The lowest BCUT2D eigenvalue weighted by molar-refractivity contribution is 0.0575. The van der Waals surface area contributed by atoms with E-state index in [0.29, 0.717) is 5.56 Å². The third-order valence-corrected chi connectivity index (χ3v) is 3.24. The Kier molecular flexibility index (Phi) is 4.71. The molecule has 0 aromatic heterocycles. The molecule has 3 nitrogen and oxygen atoms in total. The van der Waals surface area contributed by atoms with Crippen LogP contribution in [0, 0.1) is 0 Å². The van der Waals surface area contributed by atoms with Gasteiger partial charge in [-0.25, -0.2) is 0 Å². The van der Waals surface area contributed by atoms with Gasteiger partial charge in [0.05, 0.1) is 0 Å². The normalized spacial score (nSPS) is 11.9. The van der Waals surface area contributed by atoms with Crippen molar-refractivity contribution < 1.29 is 9.53 Å². The molecule has 2 rings (SSSR count). The molecule has 0 saturated carbocycles. The smallest absolute Gasteiger partial charge is 0.253 e. The number of carbonyl (C=O) groups is 1. The predicted octanol–water partition coefficient (Wildman–Crippen LogP) is 3.52. The van der Waals surface area contributed by atoms with E-state index in [9.17, 15) is 4.79 Å². The summed E-state index contributed by atoms with van der Waals surface area (Å²) < 4.78 is 6.31. The Balaban J connectivity index is 2.11. The van der Waals surface area contributed by atoms with Crippen molar-refractivity contribution in [3.05, 3.63) is 70.2 Å². The van der Waals surface area contributed by atoms with E-state index < -0.39 is 6.23 Å². The van der Waals surface area contributed by atoms with E-state index in [1.165, 1.54) is 0 Å². The Morgan fingerprint density at radius 3 is 2.32 bits per heavy atom. The summed E-state index contributed by atoms with van der Waals surface area (Å²) in [5.74, 6) is -0.157. The summed E-state index contributed by atoms with van der Waals surface area (Å²) in [5.41, 5.74) is 1.51. The third kappa shape index (κ3) is 3.66. The second-order valence-corrected chi connectivity index (χ2v) is 4.92. The first-order valence-electron chi connectivity index (χ1n) is 5.85. The van der Waals surface area contributed by atoms with Crippen LogP contribution in [-0.4, -0.2) is 13.0 Å². The van der Waals surface area contributed by atoms with Crippen LogP contribution in [0.1, 0.15) is 22.1 Å². The van der Waals surface area contributed by atoms with Gasteiger partial charge in [0, 0.05) is 22.7 Å². The Labute approximate surface area is 120 Å². The molecule has 0 heterocycles. The fraction of sp³-hybridized carbons (Fsp3) is 0.133. The standard InChI is InChI=1S/C15H14BrNO2/c1-19-15(12-7-9-13(16)10-8-12)17-14(18)11-5-3-2-4-6-11/h2-10,15H,1H3,(H,17,18). The first-order valence-corrected chi connectivity index (χ1v) is 6.64. The number of amides is 1. The van der Waals surface area contributed by atoms with Crippen molar-refractivity contribution in [2.75, 3.05) is 7.11 Å². The van der Waals surface area contributed by atoms with Gasteiger partial charge in [-0.05, 0) is 24.3 Å². The summed E-state index contributed by atoms with van der Waals surface area (Å²) in [5, 5.41) is 2.84. The minimum atomic E-state index is -0.458. The lowest BCUT2D eigenvalue weighted by Gasteiger charge is -2.17. The van der Waals surface area contributed by atoms with Crippen molar-refractivity contribution in [2.24, 2.45) is 0 Å². The van der Waals surface area contributed by atoms with Gasteiger partial charge in [0.1, 0.15) is 0 Å². The van der Waals surface area contributed by atoms with Crippen molar-refractivity contribution in [3.63, 3.8) is 0 Å². The van der Waals surface area contributed by atoms with Crippen LogP contribution in [0.4, 0.5) is 0 Å². The van der Waals surface area contributed by atoms with Gasteiger partial charge in [0.25, 0.3) is 5.91 Å². The van der Waals surface area contributed by atoms with Crippen LogP contribution in [-0.2, 0) is 4.74 Å². The fourth-order valence-electron chi connectivity index (χ4n) is 1.71.